The van der Waals surface area contributed by atoms with Crippen molar-refractivity contribution in [1.29, 1.82) is 0 Å². The number of rotatable bonds is 9. The first-order valence-electron chi connectivity index (χ1n) is 12.0. The molecule has 186 valence electrons. The number of nitrogens with two attached hydrogens (primary N) is 1. The fourth-order valence-electron chi connectivity index (χ4n) is 4.11. The van der Waals surface area contributed by atoms with E-state index in [4.69, 9.17) is 15.5 Å². The minimum Gasteiger partial charge on any atom is -0.494 e. The van der Waals surface area contributed by atoms with Crippen LogP contribution in [0.4, 0.5) is 5.69 Å². The van der Waals surface area contributed by atoms with Crippen molar-refractivity contribution in [1.82, 2.24) is 9.88 Å². The van der Waals surface area contributed by atoms with Crippen molar-refractivity contribution in [2.75, 3.05) is 27.2 Å². The van der Waals surface area contributed by atoms with Gasteiger partial charge in [0.1, 0.15) is 0 Å². The Morgan fingerprint density at radius 1 is 1.06 bits per heavy atom. The molecule has 0 aliphatic carbocycles. The number of aromatic nitrogens is 1. The van der Waals surface area contributed by atoms with Crippen LogP contribution in [0.15, 0.2) is 77.8 Å². The average molecular weight is 485 g/mol. The third-order valence-electron chi connectivity index (χ3n) is 6.02. The first kappa shape index (κ1) is 25.2. The van der Waals surface area contributed by atoms with Gasteiger partial charge in [-0.05, 0) is 63.8 Å². The quantitative estimate of drug-likeness (QED) is 0.225. The lowest BCUT2D eigenvalue weighted by Gasteiger charge is -2.15. The number of esters is 1. The highest BCUT2D eigenvalue weighted by atomic mass is 16.5. The van der Waals surface area contributed by atoms with E-state index in [0.717, 1.165) is 35.2 Å². The summed E-state index contributed by atoms with van der Waals surface area (Å²) in [7, 11) is 4.07. The van der Waals surface area contributed by atoms with E-state index in [2.05, 4.69) is 9.88 Å². The van der Waals surface area contributed by atoms with Gasteiger partial charge < -0.3 is 25.5 Å². The van der Waals surface area contributed by atoms with Gasteiger partial charge in [-0.25, -0.2) is 9.79 Å². The topological polar surface area (TPSA) is 104 Å². The van der Waals surface area contributed by atoms with E-state index < -0.39 is 5.97 Å². The molecule has 7 heteroatoms. The number of fused-ring (bicyclic) bond motifs is 1. The predicted molar refractivity (Wildman–Crippen MR) is 144 cm³/mol. The Kier molecular flexibility index (Phi) is 7.83. The van der Waals surface area contributed by atoms with E-state index in [-0.39, 0.29) is 11.9 Å². The maximum absolute atomic E-state index is 12.2. The van der Waals surface area contributed by atoms with Gasteiger partial charge in [-0.1, -0.05) is 48.5 Å². The third kappa shape index (κ3) is 5.64. The zero-order chi connectivity index (χ0) is 25.7. The second-order valence-corrected chi connectivity index (χ2v) is 8.95. The average Bonchev–Trinajstić information content (AvgIpc) is 3.21. The third-order valence-corrected chi connectivity index (χ3v) is 6.02. The van der Waals surface area contributed by atoms with Gasteiger partial charge >= 0.3 is 5.97 Å². The highest BCUT2D eigenvalue weighted by Crippen LogP contribution is 2.32. The molecule has 0 amide bonds. The summed E-state index contributed by atoms with van der Waals surface area (Å²) in [5.74, 6) is -0.424. The molecule has 1 unspecified atom stereocenters. The Morgan fingerprint density at radius 2 is 1.78 bits per heavy atom. The number of benzene rings is 3. The highest BCUT2D eigenvalue weighted by Gasteiger charge is 2.20. The van der Waals surface area contributed by atoms with Gasteiger partial charge in [-0.2, -0.15) is 0 Å². The molecule has 0 spiro atoms. The van der Waals surface area contributed by atoms with Gasteiger partial charge in [0.05, 0.1) is 29.1 Å². The highest BCUT2D eigenvalue weighted by molar-refractivity contribution is 6.22. The number of hydrogen-bond acceptors (Lipinski definition) is 6. The summed E-state index contributed by atoms with van der Waals surface area (Å²) >= 11 is 0. The van der Waals surface area contributed by atoms with Crippen LogP contribution < -0.4 is 5.73 Å². The van der Waals surface area contributed by atoms with Crippen molar-refractivity contribution < 1.29 is 14.6 Å². The Balaban J connectivity index is 1.75. The molecule has 7 nitrogen and oxygen atoms in total. The molecule has 0 aliphatic rings. The van der Waals surface area contributed by atoms with Gasteiger partial charge in [0.2, 0.25) is 0 Å². The standard InChI is InChI=1S/C29H32N4O3/c1-4-36-29(35)21-12-15-23-25(18-21)32-28(34)26(23)27(20-8-6-5-7-9-20)31-22-13-10-19(11-14-22)24(30)16-17-33(2)3/h5-15,18,24,32,34H,4,16-17,30H2,1-3H3. The molecular weight excluding hydrogens is 452 g/mol. The Morgan fingerprint density at radius 3 is 2.44 bits per heavy atom. The van der Waals surface area contributed by atoms with Crippen LogP contribution in [0.2, 0.25) is 0 Å². The van der Waals surface area contributed by atoms with Crippen LogP contribution in [0, 0.1) is 0 Å². The normalized spacial score (nSPS) is 12.8. The van der Waals surface area contributed by atoms with Crippen LogP contribution in [-0.4, -0.2) is 53.9 Å². The van der Waals surface area contributed by atoms with Crippen molar-refractivity contribution in [3.8, 4) is 5.88 Å². The van der Waals surface area contributed by atoms with E-state index in [1.807, 2.05) is 68.7 Å². The van der Waals surface area contributed by atoms with Gasteiger partial charge in [-0.3, -0.25) is 0 Å². The molecule has 0 aliphatic heterocycles. The molecule has 3 aromatic carbocycles. The molecule has 0 fully saturated rings. The fourth-order valence-corrected chi connectivity index (χ4v) is 4.11. The van der Waals surface area contributed by atoms with E-state index >= 15 is 0 Å². The number of ether oxygens (including phenoxy) is 1. The molecule has 4 rings (SSSR count). The molecule has 0 radical (unpaired) electrons. The zero-order valence-electron chi connectivity index (χ0n) is 20.9. The molecular formula is C29H32N4O3. The summed E-state index contributed by atoms with van der Waals surface area (Å²) in [6.07, 6.45) is 0.863. The fraction of sp³-hybridized carbons (Fsp3) is 0.241. The number of H-pyrrole nitrogens is 1. The van der Waals surface area contributed by atoms with Crippen LogP contribution in [0.5, 0.6) is 5.88 Å². The number of nitrogens with zero attached hydrogens (tertiary/aromatic N) is 2. The van der Waals surface area contributed by atoms with Crippen LogP contribution in [0.25, 0.3) is 10.9 Å². The molecule has 1 aromatic heterocycles. The van der Waals surface area contributed by atoms with Crippen LogP contribution in [0.1, 0.15) is 46.4 Å². The molecule has 0 bridgehead atoms. The minimum atomic E-state index is -0.407. The summed E-state index contributed by atoms with van der Waals surface area (Å²) in [4.78, 5) is 22.2. The maximum Gasteiger partial charge on any atom is 0.338 e. The van der Waals surface area contributed by atoms with Crippen molar-refractivity contribution >= 4 is 28.3 Å². The Hall–Kier alpha value is -3.94. The molecule has 4 N–H and O–H groups in total. The van der Waals surface area contributed by atoms with Crippen LogP contribution >= 0.6 is 0 Å². The largest absolute Gasteiger partial charge is 0.494 e. The lowest BCUT2D eigenvalue weighted by Crippen LogP contribution is -2.20. The Labute approximate surface area is 211 Å². The summed E-state index contributed by atoms with van der Waals surface area (Å²) in [5.41, 5.74) is 11.2. The SMILES string of the molecule is CCOC(=O)c1ccc2c(C(=Nc3ccc(C(N)CCN(C)C)cc3)c3ccccc3)c(O)[nH]c2c1. The molecule has 4 aromatic rings. The van der Waals surface area contributed by atoms with Crippen LogP contribution in [-0.2, 0) is 4.74 Å². The number of nitrogens with one attached hydrogen (secondary N) is 1. The van der Waals surface area contributed by atoms with Crippen LogP contribution in [0.3, 0.4) is 0 Å². The minimum absolute atomic E-state index is 0.0176. The molecule has 1 heterocycles. The number of aromatic hydroxyl groups is 1. The number of carbonyl (C=O) groups is 1. The zero-order valence-corrected chi connectivity index (χ0v) is 20.9. The number of aromatic amines is 1. The van der Waals surface area contributed by atoms with Crippen molar-refractivity contribution in [3.63, 3.8) is 0 Å². The lowest BCUT2D eigenvalue weighted by molar-refractivity contribution is 0.0526. The van der Waals surface area contributed by atoms with Gasteiger partial charge in [-0.15, -0.1) is 0 Å². The number of aliphatic imine (C=N–C) groups is 1. The molecule has 0 saturated heterocycles. The number of hydrogen-bond donors (Lipinski definition) is 3. The van der Waals surface area contributed by atoms with Gasteiger partial charge in [0.25, 0.3) is 0 Å². The summed E-state index contributed by atoms with van der Waals surface area (Å²) < 4.78 is 5.11. The maximum atomic E-state index is 12.2. The number of carbonyl (C=O) groups excluding carboxylic acids is 1. The van der Waals surface area contributed by atoms with E-state index in [0.29, 0.717) is 29.0 Å². The smallest absolute Gasteiger partial charge is 0.338 e. The monoisotopic (exact) mass is 484 g/mol. The first-order chi connectivity index (χ1) is 17.4. The second-order valence-electron chi connectivity index (χ2n) is 8.95. The lowest BCUT2D eigenvalue weighted by atomic mass is 10.00. The second kappa shape index (κ2) is 11.2. The van der Waals surface area contributed by atoms with Crippen molar-refractivity contribution in [2.45, 2.75) is 19.4 Å². The summed E-state index contributed by atoms with van der Waals surface area (Å²) in [6.45, 7) is 2.97. The molecule has 1 atom stereocenters. The van der Waals surface area contributed by atoms with Gasteiger partial charge in [0.15, 0.2) is 5.88 Å². The Bertz CT molecular complexity index is 1360. The molecule has 0 saturated carbocycles. The first-order valence-corrected chi connectivity index (χ1v) is 12.0. The van der Waals surface area contributed by atoms with E-state index in [9.17, 15) is 9.90 Å². The van der Waals surface area contributed by atoms with Crippen molar-refractivity contribution in [2.24, 2.45) is 10.7 Å². The summed E-state index contributed by atoms with van der Waals surface area (Å²) in [6, 6.07) is 22.7. The van der Waals surface area contributed by atoms with Gasteiger partial charge in [0, 0.05) is 22.5 Å². The van der Waals surface area contributed by atoms with E-state index in [1.54, 1.807) is 25.1 Å². The van der Waals surface area contributed by atoms with Crippen molar-refractivity contribution in [3.05, 3.63) is 95.1 Å². The van der Waals surface area contributed by atoms with E-state index in [1.165, 1.54) is 0 Å². The summed E-state index contributed by atoms with van der Waals surface area (Å²) in [5, 5.41) is 11.7. The predicted octanol–water partition coefficient (Wildman–Crippen LogP) is 5.17. The molecule has 36 heavy (non-hydrogen) atoms.